The summed E-state index contributed by atoms with van der Waals surface area (Å²) in [4.78, 5) is 19.1. The molecular formula is C23H27N3O2. The molecule has 0 radical (unpaired) electrons. The van der Waals surface area contributed by atoms with E-state index in [1.165, 1.54) is 10.9 Å². The van der Waals surface area contributed by atoms with Gasteiger partial charge in [-0.2, -0.15) is 0 Å². The molecule has 0 spiro atoms. The van der Waals surface area contributed by atoms with Crippen LogP contribution in [-0.4, -0.2) is 40.1 Å². The van der Waals surface area contributed by atoms with Gasteiger partial charge in [0.25, 0.3) is 0 Å². The van der Waals surface area contributed by atoms with E-state index in [9.17, 15) is 4.79 Å². The number of fused-ring (bicyclic) bond motifs is 1. The molecular weight excluding hydrogens is 350 g/mol. The summed E-state index contributed by atoms with van der Waals surface area (Å²) in [6, 6.07) is 12.2. The minimum absolute atomic E-state index is 0.219. The number of carbonyl (C=O) groups excluding carboxylic acids is 1. The number of aryl methyl sites for hydroxylation is 2. The number of hydrogen-bond donors (Lipinski definition) is 0. The number of benzene rings is 1. The number of nitrogens with zero attached hydrogens (tertiary/aromatic N) is 3. The average molecular weight is 377 g/mol. The third kappa shape index (κ3) is 3.88. The minimum atomic E-state index is 0.219. The van der Waals surface area contributed by atoms with Crippen molar-refractivity contribution in [2.24, 2.45) is 13.0 Å². The van der Waals surface area contributed by atoms with Gasteiger partial charge >= 0.3 is 0 Å². The quantitative estimate of drug-likeness (QED) is 0.680. The second-order valence-electron chi connectivity index (χ2n) is 7.72. The van der Waals surface area contributed by atoms with E-state index in [2.05, 4.69) is 27.9 Å². The lowest BCUT2D eigenvalue weighted by Crippen LogP contribution is -2.40. The van der Waals surface area contributed by atoms with Gasteiger partial charge in [0.2, 0.25) is 11.8 Å². The Morgan fingerprint density at radius 2 is 1.96 bits per heavy atom. The summed E-state index contributed by atoms with van der Waals surface area (Å²) in [5.41, 5.74) is 3.34. The number of ether oxygens (including phenoxy) is 1. The van der Waals surface area contributed by atoms with E-state index in [-0.39, 0.29) is 5.91 Å². The summed E-state index contributed by atoms with van der Waals surface area (Å²) in [5, 5.41) is 1.17. The van der Waals surface area contributed by atoms with Crippen molar-refractivity contribution < 1.29 is 9.53 Å². The molecule has 1 aromatic carbocycles. The second-order valence-corrected chi connectivity index (χ2v) is 7.72. The summed E-state index contributed by atoms with van der Waals surface area (Å²) in [6.07, 6.45) is 6.27. The van der Waals surface area contributed by atoms with Gasteiger partial charge in [0, 0.05) is 49.0 Å². The van der Waals surface area contributed by atoms with Crippen molar-refractivity contribution in [1.82, 2.24) is 14.5 Å². The molecule has 1 aliphatic heterocycles. The van der Waals surface area contributed by atoms with Crippen molar-refractivity contribution in [1.29, 1.82) is 0 Å². The van der Waals surface area contributed by atoms with Gasteiger partial charge in [-0.15, -0.1) is 0 Å². The molecule has 146 valence electrons. The zero-order valence-electron chi connectivity index (χ0n) is 16.6. The summed E-state index contributed by atoms with van der Waals surface area (Å²) >= 11 is 0. The molecule has 0 atom stereocenters. The fourth-order valence-corrected chi connectivity index (χ4v) is 4.01. The summed E-state index contributed by atoms with van der Waals surface area (Å²) in [6.45, 7) is 4.29. The topological polar surface area (TPSA) is 47.4 Å². The molecule has 0 saturated carbocycles. The third-order valence-corrected chi connectivity index (χ3v) is 5.71. The van der Waals surface area contributed by atoms with E-state index in [0.29, 0.717) is 18.9 Å². The average Bonchev–Trinajstić information content (AvgIpc) is 3.03. The molecule has 4 rings (SSSR count). The van der Waals surface area contributed by atoms with Crippen molar-refractivity contribution in [2.45, 2.75) is 26.2 Å². The maximum absolute atomic E-state index is 12.8. The lowest BCUT2D eigenvalue weighted by Gasteiger charge is -2.32. The van der Waals surface area contributed by atoms with Crippen LogP contribution in [0.5, 0.6) is 5.88 Å². The predicted octanol–water partition coefficient (Wildman–Crippen LogP) is 3.74. The Morgan fingerprint density at radius 1 is 1.18 bits per heavy atom. The number of piperidine rings is 1. The molecule has 2 aromatic heterocycles. The van der Waals surface area contributed by atoms with Crippen LogP contribution in [0, 0.1) is 12.8 Å². The molecule has 0 unspecified atom stereocenters. The number of amides is 1. The first-order chi connectivity index (χ1) is 13.6. The standard InChI is InChI=1S/C23H27N3O2/c1-17-6-5-11-24-23(17)28-16-18-9-12-26(13-10-18)22(27)14-19-15-25(2)21-8-4-3-7-20(19)21/h3-8,11,15,18H,9-10,12-14,16H2,1-2H3. The Hall–Kier alpha value is -2.82. The summed E-state index contributed by atoms with van der Waals surface area (Å²) < 4.78 is 8.00. The van der Waals surface area contributed by atoms with E-state index in [4.69, 9.17) is 4.74 Å². The van der Waals surface area contributed by atoms with Crippen molar-refractivity contribution in [3.8, 4) is 5.88 Å². The minimum Gasteiger partial charge on any atom is -0.477 e. The van der Waals surface area contributed by atoms with E-state index in [1.807, 2.05) is 43.1 Å². The molecule has 0 N–H and O–H groups in total. The summed E-state index contributed by atoms with van der Waals surface area (Å²) in [7, 11) is 2.03. The number of likely N-dealkylation sites (tertiary alicyclic amines) is 1. The lowest BCUT2D eigenvalue weighted by atomic mass is 9.97. The number of aromatic nitrogens is 2. The van der Waals surface area contributed by atoms with Crippen molar-refractivity contribution >= 4 is 16.8 Å². The Bertz CT molecular complexity index is 971. The van der Waals surface area contributed by atoms with Gasteiger partial charge in [-0.3, -0.25) is 4.79 Å². The highest BCUT2D eigenvalue weighted by molar-refractivity contribution is 5.89. The van der Waals surface area contributed by atoms with Gasteiger partial charge in [-0.05, 0) is 43.4 Å². The SMILES string of the molecule is Cc1cccnc1OCC1CCN(C(=O)Cc2cn(C)c3ccccc23)CC1. The Labute approximate surface area is 165 Å². The highest BCUT2D eigenvalue weighted by Crippen LogP contribution is 2.24. The van der Waals surface area contributed by atoms with Gasteiger partial charge < -0.3 is 14.2 Å². The fourth-order valence-electron chi connectivity index (χ4n) is 4.01. The molecule has 28 heavy (non-hydrogen) atoms. The van der Waals surface area contributed by atoms with Crippen LogP contribution >= 0.6 is 0 Å². The Morgan fingerprint density at radius 3 is 2.75 bits per heavy atom. The van der Waals surface area contributed by atoms with E-state index in [0.717, 1.165) is 42.9 Å². The molecule has 0 bridgehead atoms. The first-order valence-corrected chi connectivity index (χ1v) is 9.97. The van der Waals surface area contributed by atoms with Gasteiger partial charge in [-0.1, -0.05) is 24.3 Å². The largest absolute Gasteiger partial charge is 0.477 e. The maximum atomic E-state index is 12.8. The molecule has 1 aliphatic rings. The lowest BCUT2D eigenvalue weighted by molar-refractivity contribution is -0.132. The number of pyridine rings is 1. The zero-order valence-corrected chi connectivity index (χ0v) is 16.6. The number of hydrogen-bond acceptors (Lipinski definition) is 3. The van der Waals surface area contributed by atoms with Crippen LogP contribution in [-0.2, 0) is 18.3 Å². The molecule has 3 heterocycles. The van der Waals surface area contributed by atoms with Crippen molar-refractivity contribution in [2.75, 3.05) is 19.7 Å². The van der Waals surface area contributed by atoms with E-state index in [1.54, 1.807) is 6.20 Å². The second kappa shape index (κ2) is 8.05. The van der Waals surface area contributed by atoms with E-state index < -0.39 is 0 Å². The normalized spacial score (nSPS) is 15.1. The maximum Gasteiger partial charge on any atom is 0.227 e. The van der Waals surface area contributed by atoms with E-state index >= 15 is 0 Å². The first-order valence-electron chi connectivity index (χ1n) is 9.97. The van der Waals surface area contributed by atoms with Gasteiger partial charge in [0.05, 0.1) is 13.0 Å². The Balaban J connectivity index is 1.31. The summed E-state index contributed by atoms with van der Waals surface area (Å²) in [5.74, 6) is 1.41. The molecule has 5 nitrogen and oxygen atoms in total. The number of rotatable bonds is 5. The molecule has 1 fully saturated rings. The zero-order chi connectivity index (χ0) is 19.5. The van der Waals surface area contributed by atoms with Crippen LogP contribution in [0.15, 0.2) is 48.8 Å². The van der Waals surface area contributed by atoms with Gasteiger partial charge in [-0.25, -0.2) is 4.98 Å². The predicted molar refractivity (Wildman–Crippen MR) is 110 cm³/mol. The number of para-hydroxylation sites is 1. The Kier molecular flexibility index (Phi) is 5.33. The monoisotopic (exact) mass is 377 g/mol. The molecule has 1 amide bonds. The van der Waals surface area contributed by atoms with Gasteiger partial charge in [0.1, 0.15) is 0 Å². The van der Waals surface area contributed by atoms with Crippen LogP contribution in [0.1, 0.15) is 24.0 Å². The molecule has 5 heteroatoms. The fraction of sp³-hybridized carbons (Fsp3) is 0.391. The van der Waals surface area contributed by atoms with Crippen LogP contribution < -0.4 is 4.74 Å². The van der Waals surface area contributed by atoms with Crippen LogP contribution in [0.2, 0.25) is 0 Å². The first kappa shape index (κ1) is 18.5. The smallest absolute Gasteiger partial charge is 0.227 e. The van der Waals surface area contributed by atoms with Gasteiger partial charge in [0.15, 0.2) is 0 Å². The van der Waals surface area contributed by atoms with Crippen molar-refractivity contribution in [3.63, 3.8) is 0 Å². The molecule has 1 saturated heterocycles. The number of carbonyl (C=O) groups is 1. The van der Waals surface area contributed by atoms with Crippen LogP contribution in [0.3, 0.4) is 0 Å². The highest BCUT2D eigenvalue weighted by Gasteiger charge is 2.24. The van der Waals surface area contributed by atoms with Crippen LogP contribution in [0.25, 0.3) is 10.9 Å². The molecule has 3 aromatic rings. The molecule has 0 aliphatic carbocycles. The third-order valence-electron chi connectivity index (χ3n) is 5.71. The van der Waals surface area contributed by atoms with Crippen LogP contribution in [0.4, 0.5) is 0 Å². The highest BCUT2D eigenvalue weighted by atomic mass is 16.5. The van der Waals surface area contributed by atoms with Crippen molar-refractivity contribution in [3.05, 3.63) is 59.9 Å².